The highest BCUT2D eigenvalue weighted by molar-refractivity contribution is 6.13. The Balaban J connectivity index is 0.689. The van der Waals surface area contributed by atoms with Crippen molar-refractivity contribution in [1.82, 2.24) is 72.9 Å². The lowest BCUT2D eigenvalue weighted by atomic mass is 9.86. The molecular formula is C91H134FN15O35. The second-order valence-corrected chi connectivity index (χ2v) is 32.4. The van der Waals surface area contributed by atoms with Crippen LogP contribution in [0.1, 0.15) is 140 Å². The summed E-state index contributed by atoms with van der Waals surface area (Å²) in [6.07, 6.45) is 2.00. The van der Waals surface area contributed by atoms with Gasteiger partial charge in [-0.1, -0.05) is 13.8 Å². The first-order valence-electron chi connectivity index (χ1n) is 47.0. The van der Waals surface area contributed by atoms with Crippen molar-refractivity contribution >= 4 is 117 Å². The summed E-state index contributed by atoms with van der Waals surface area (Å²) in [5.74, 6) is -12.9. The van der Waals surface area contributed by atoms with Crippen molar-refractivity contribution in [2.24, 2.45) is 0 Å². The molecule has 0 spiro atoms. The van der Waals surface area contributed by atoms with Gasteiger partial charge in [-0.05, 0) is 89.8 Å². The predicted octanol–water partition coefficient (Wildman–Crippen LogP) is -2.60. The maximum Gasteiger partial charge on any atom is 0.343 e. The van der Waals surface area contributed by atoms with E-state index in [1.807, 2.05) is 12.2 Å². The molecule has 3 aliphatic heterocycles. The summed E-state index contributed by atoms with van der Waals surface area (Å²) in [6, 6.07) is -5.19. The number of carboxylic acid groups (broad SMARTS) is 3. The van der Waals surface area contributed by atoms with Crippen LogP contribution in [0.25, 0.3) is 22.3 Å². The monoisotopic (exact) mass is 2020 g/mol. The Labute approximate surface area is 817 Å². The van der Waals surface area contributed by atoms with Gasteiger partial charge < -0.3 is 150 Å². The van der Waals surface area contributed by atoms with Gasteiger partial charge in [-0.3, -0.25) is 72.0 Å². The molecule has 6 rings (SSSR count). The van der Waals surface area contributed by atoms with Crippen LogP contribution in [0.5, 0.6) is 0 Å². The Morgan fingerprint density at radius 1 is 0.451 bits per heavy atom. The number of aliphatic hydroxyl groups is 1. The van der Waals surface area contributed by atoms with Gasteiger partial charge in [0, 0.05) is 106 Å². The molecule has 51 heteroatoms. The number of fused-ring (bicyclic) bond motifs is 5. The lowest BCUT2D eigenvalue weighted by molar-refractivity contribution is -0.172. The average Bonchev–Trinajstić information content (AvgIpc) is 1.51. The molecule has 5 heterocycles. The Bertz CT molecular complexity index is 4780. The number of carbonyl (C=O) groups excluding carboxylic acids is 14. The molecule has 142 heavy (non-hydrogen) atoms. The number of halogens is 1. The number of benzene rings is 1. The van der Waals surface area contributed by atoms with E-state index in [0.29, 0.717) is 133 Å². The fraction of sp³-hybridized carbons (Fsp3) is 0.637. The standard InChI is InChI=1S/C91H134FN15O35/c1-6-60-61-51-70(65(92)53-69(61)103-81-62(60)55-107-71(81)52-64-63(86(107)122)56-142-89(127)91(64,129)7-2)102-77(113)54-97-82(118)57(3)98-83(119)58(4)99-84(120)59(5)100-85(121)66(101-76(112)12-10-26-106-78(114)16-17-79(106)115)11-8-9-22-93-73(109)19-27-130-33-39-136-45-49-140-43-37-134-31-24-95-75(111)21-29-132-35-41-138-47-50-141-44-38-135-32-25-96-74(110)20-28-131-34-40-137-46-48-139-42-36-133-30-23-94-72(108)15-13-67(87(123)124)104-90(128)105-68(88(125)126)14-18-80(116)117/h16-17,51-53,57-59,66-68,129H,6-15,18-50,54-56H2,1-5H3,(H,93,109)(H,94,108)(H,95,111)(H,96,110)(H,97,118)(H,98,119)(H,99,120)(H,100,121)(H,101,112)(H,102,113)(H,116,117)(H,123,124)(H,125,126)(H2,104,105,128)/t57-,58-,59-,66-,67-,68-,91-/m0/s1. The molecule has 2 aromatic heterocycles. The van der Waals surface area contributed by atoms with Gasteiger partial charge in [0.2, 0.25) is 59.1 Å². The number of unbranched alkanes of at least 4 members (excludes halogenated alkanes) is 1. The first-order chi connectivity index (χ1) is 68.2. The number of anilines is 1. The molecule has 1 aromatic carbocycles. The van der Waals surface area contributed by atoms with Crippen molar-refractivity contribution in [3.8, 4) is 11.4 Å². The number of esters is 1. The molecule has 7 atom stereocenters. The zero-order valence-electron chi connectivity index (χ0n) is 80.5. The molecule has 0 saturated heterocycles. The number of amides is 14. The van der Waals surface area contributed by atoms with Crippen LogP contribution >= 0.6 is 0 Å². The smallest absolute Gasteiger partial charge is 0.343 e. The first-order valence-corrected chi connectivity index (χ1v) is 47.0. The number of nitrogens with zero attached hydrogens (tertiary/aromatic N) is 3. The second kappa shape index (κ2) is 65.7. The van der Waals surface area contributed by atoms with Crippen LogP contribution in [0.15, 0.2) is 35.1 Å². The third-order valence-corrected chi connectivity index (χ3v) is 21.8. The van der Waals surface area contributed by atoms with E-state index >= 15 is 4.39 Å². The molecular weight excluding hydrogens is 1880 g/mol. The number of carbonyl (C=O) groups is 17. The average molecular weight is 2020 g/mol. The number of pyridine rings is 2. The number of rotatable bonds is 77. The van der Waals surface area contributed by atoms with Gasteiger partial charge >= 0.3 is 29.9 Å². The number of hydrogen-bond acceptors (Lipinski definition) is 33. The number of aryl methyl sites for hydroxylation is 1. The van der Waals surface area contributed by atoms with Gasteiger partial charge in [-0.15, -0.1) is 0 Å². The molecule has 50 nitrogen and oxygen atoms in total. The third kappa shape index (κ3) is 43.3. The summed E-state index contributed by atoms with van der Waals surface area (Å²) in [7, 11) is 0. The molecule has 14 amide bonds. The van der Waals surface area contributed by atoms with Gasteiger partial charge in [0.1, 0.15) is 48.7 Å². The van der Waals surface area contributed by atoms with Gasteiger partial charge in [0.15, 0.2) is 5.60 Å². The molecule has 0 aliphatic carbocycles. The number of cyclic esters (lactones) is 1. The summed E-state index contributed by atoms with van der Waals surface area (Å²) in [4.78, 5) is 231. The Morgan fingerprint density at radius 2 is 0.880 bits per heavy atom. The van der Waals surface area contributed by atoms with Crippen LogP contribution in [-0.4, -0.2) is 370 Å². The molecule has 790 valence electrons. The Morgan fingerprint density at radius 3 is 1.33 bits per heavy atom. The van der Waals surface area contributed by atoms with Crippen LogP contribution < -0.4 is 69.4 Å². The molecule has 0 saturated carbocycles. The maximum atomic E-state index is 15.8. The first kappa shape index (κ1) is 118. The van der Waals surface area contributed by atoms with Gasteiger partial charge in [0.05, 0.1) is 200 Å². The number of imide groups is 1. The number of hydrogen-bond donors (Lipinski definition) is 16. The van der Waals surface area contributed by atoms with Crippen molar-refractivity contribution in [2.75, 3.05) is 203 Å². The van der Waals surface area contributed by atoms with E-state index in [1.165, 1.54) is 31.4 Å². The Kier molecular flexibility index (Phi) is 54.8. The Hall–Kier alpha value is -12.3. The highest BCUT2D eigenvalue weighted by Crippen LogP contribution is 2.41. The number of carboxylic acids is 3. The minimum atomic E-state index is -2.05. The molecule has 3 aromatic rings. The second-order valence-electron chi connectivity index (χ2n) is 32.4. The van der Waals surface area contributed by atoms with E-state index < -0.39 is 156 Å². The van der Waals surface area contributed by atoms with Crippen LogP contribution in [0.2, 0.25) is 0 Å². The lowest BCUT2D eigenvalue weighted by Gasteiger charge is -2.31. The topological polar surface area (TPSA) is 674 Å². The molecule has 0 fully saturated rings. The minimum Gasteiger partial charge on any atom is -0.481 e. The lowest BCUT2D eigenvalue weighted by Crippen LogP contribution is -2.56. The van der Waals surface area contributed by atoms with Crippen molar-refractivity contribution < 1.29 is 168 Å². The number of ether oxygens (including phenoxy) is 13. The number of aromatic nitrogens is 2. The zero-order valence-corrected chi connectivity index (χ0v) is 80.5. The van der Waals surface area contributed by atoms with Crippen LogP contribution in [0, 0.1) is 5.82 Å². The molecule has 0 bridgehead atoms. The van der Waals surface area contributed by atoms with E-state index in [4.69, 9.17) is 76.8 Å². The van der Waals surface area contributed by atoms with Crippen LogP contribution in [0.4, 0.5) is 14.9 Å². The minimum absolute atomic E-state index is 0.0411. The largest absolute Gasteiger partial charge is 0.481 e. The van der Waals surface area contributed by atoms with E-state index in [9.17, 15) is 96.5 Å². The summed E-state index contributed by atoms with van der Waals surface area (Å²) < 4.78 is 88.1. The normalized spacial score (nSPS) is 14.7. The van der Waals surface area contributed by atoms with Crippen molar-refractivity contribution in [3.63, 3.8) is 0 Å². The van der Waals surface area contributed by atoms with E-state index in [0.717, 1.165) is 23.1 Å². The summed E-state index contributed by atoms with van der Waals surface area (Å²) in [6.45, 7) is 13.7. The predicted molar refractivity (Wildman–Crippen MR) is 496 cm³/mol. The van der Waals surface area contributed by atoms with Crippen LogP contribution in [0.3, 0.4) is 0 Å². The highest BCUT2D eigenvalue weighted by Gasteiger charge is 2.46. The number of urea groups is 1. The van der Waals surface area contributed by atoms with Crippen molar-refractivity contribution in [1.29, 1.82) is 0 Å². The third-order valence-electron chi connectivity index (χ3n) is 21.8. The van der Waals surface area contributed by atoms with Crippen molar-refractivity contribution in [3.05, 3.63) is 68.8 Å². The van der Waals surface area contributed by atoms with Crippen molar-refractivity contribution in [2.45, 2.75) is 180 Å². The van der Waals surface area contributed by atoms with E-state index in [1.54, 1.807) is 13.0 Å². The fourth-order valence-electron chi connectivity index (χ4n) is 14.0. The molecule has 0 unspecified atom stereocenters. The van der Waals surface area contributed by atoms with Crippen LogP contribution in [-0.2, 0) is 163 Å². The fourth-order valence-corrected chi connectivity index (χ4v) is 14.0. The van der Waals surface area contributed by atoms with E-state index in [2.05, 4.69) is 58.5 Å². The van der Waals surface area contributed by atoms with E-state index in [-0.39, 0.29) is 217 Å². The molecule has 0 radical (unpaired) electrons. The van der Waals surface area contributed by atoms with Gasteiger partial charge in [-0.25, -0.2) is 28.6 Å². The zero-order chi connectivity index (χ0) is 104. The quantitative estimate of drug-likeness (QED) is 0.0122. The molecule has 16 N–H and O–H groups in total. The SMILES string of the molecule is CCc1c2c(nc3cc(F)c(NC(=O)CNC(=O)[C@H](C)NC(=O)[C@H](C)NC(=O)[C@H](C)NC(=O)[C@H](CCCCNC(=O)CCOCCOCCOCCOCCNC(=O)CCOCCOCCOCCOCCNC(=O)CCOCCOCCOCCOCCNC(=O)CC[C@H](NC(=O)N[C@@H](CCC(=O)O)C(=O)O)C(=O)O)NC(=O)CCCN4C(=O)C=CC4=O)cc13)-c1cc3c(c(=O)n1C2)COC(=O)[C@]3(O)CC. The summed E-state index contributed by atoms with van der Waals surface area (Å²) in [5, 5.41) is 68.9. The highest BCUT2D eigenvalue weighted by atomic mass is 19.1. The number of nitrogens with one attached hydrogen (secondary N) is 12. The van der Waals surface area contributed by atoms with Gasteiger partial charge in [0.25, 0.3) is 17.4 Å². The summed E-state index contributed by atoms with van der Waals surface area (Å²) >= 11 is 0. The summed E-state index contributed by atoms with van der Waals surface area (Å²) in [5.41, 5.74) is -0.265. The number of aliphatic carboxylic acids is 3. The maximum absolute atomic E-state index is 15.8. The van der Waals surface area contributed by atoms with Gasteiger partial charge in [-0.2, -0.15) is 0 Å². The molecule has 3 aliphatic rings.